The number of benzene rings is 1. The van der Waals surface area contributed by atoms with Crippen LogP contribution in [0.4, 0.5) is 5.69 Å². The fraction of sp³-hybridized carbons (Fsp3) is 0.231. The van der Waals surface area contributed by atoms with Gasteiger partial charge in [-0.15, -0.1) is 5.39 Å². The minimum Gasteiger partial charge on any atom is -0.386 e. The molecule has 0 radical (unpaired) electrons. The van der Waals surface area contributed by atoms with Crippen LogP contribution in [0.5, 0.6) is 0 Å². The number of carbonyl (C=O) groups is 1. The number of amides is 1. The van der Waals surface area contributed by atoms with Gasteiger partial charge in [0.15, 0.2) is 0 Å². The molecular formula is C13H13KN2O. The molecule has 4 heteroatoms. The molecule has 17 heavy (non-hydrogen) atoms. The number of pyridine rings is 1. The van der Waals surface area contributed by atoms with Crippen molar-refractivity contribution in [2.45, 2.75) is 13.8 Å². The fourth-order valence-electron chi connectivity index (χ4n) is 1.39. The van der Waals surface area contributed by atoms with Crippen LogP contribution < -0.4 is 56.7 Å². The summed E-state index contributed by atoms with van der Waals surface area (Å²) in [6.45, 7) is 3.74. The van der Waals surface area contributed by atoms with Crippen molar-refractivity contribution in [3.63, 3.8) is 0 Å². The van der Waals surface area contributed by atoms with Crippen molar-refractivity contribution >= 4 is 22.5 Å². The number of carbonyl (C=O) groups excluding carboxylic acids is 1. The van der Waals surface area contributed by atoms with Gasteiger partial charge in [-0.05, 0) is 11.6 Å². The Labute approximate surface area is 143 Å². The van der Waals surface area contributed by atoms with Gasteiger partial charge in [-0.2, -0.15) is 12.1 Å². The molecule has 1 aromatic carbocycles. The van der Waals surface area contributed by atoms with Crippen LogP contribution in [-0.4, -0.2) is 10.9 Å². The van der Waals surface area contributed by atoms with Crippen molar-refractivity contribution in [1.29, 1.82) is 0 Å². The molecule has 0 aliphatic rings. The molecule has 2 aromatic rings. The first-order valence-corrected chi connectivity index (χ1v) is 5.24. The second kappa shape index (κ2) is 6.61. The van der Waals surface area contributed by atoms with Gasteiger partial charge >= 0.3 is 51.4 Å². The maximum atomic E-state index is 11.5. The van der Waals surface area contributed by atoms with Gasteiger partial charge in [0.2, 0.25) is 5.91 Å². The first-order chi connectivity index (χ1) is 7.66. The van der Waals surface area contributed by atoms with E-state index in [1.807, 2.05) is 38.1 Å². The van der Waals surface area contributed by atoms with E-state index in [2.05, 4.69) is 16.5 Å². The van der Waals surface area contributed by atoms with Crippen molar-refractivity contribution in [2.24, 2.45) is 5.92 Å². The molecule has 0 saturated heterocycles. The molecule has 0 spiro atoms. The molecule has 2 rings (SSSR count). The third kappa shape index (κ3) is 3.86. The minimum absolute atomic E-state index is 0. The van der Waals surface area contributed by atoms with Crippen molar-refractivity contribution in [2.75, 3.05) is 5.32 Å². The van der Waals surface area contributed by atoms with Gasteiger partial charge in [-0.3, -0.25) is 4.79 Å². The summed E-state index contributed by atoms with van der Waals surface area (Å²) in [6, 6.07) is 9.32. The quantitative estimate of drug-likeness (QED) is 0.585. The Morgan fingerprint density at radius 2 is 2.12 bits per heavy atom. The number of hydrogen-bond donors (Lipinski definition) is 1. The first kappa shape index (κ1) is 14.8. The molecule has 1 aromatic heterocycles. The van der Waals surface area contributed by atoms with Crippen LogP contribution in [0, 0.1) is 12.1 Å². The number of fused-ring (bicyclic) bond motifs is 1. The Kier molecular flexibility index (Phi) is 5.75. The van der Waals surface area contributed by atoms with Crippen molar-refractivity contribution in [1.82, 2.24) is 4.98 Å². The number of hydrogen-bond acceptors (Lipinski definition) is 2. The predicted molar refractivity (Wildman–Crippen MR) is 64.0 cm³/mol. The van der Waals surface area contributed by atoms with Crippen LogP contribution in [0.1, 0.15) is 13.8 Å². The molecule has 1 amide bonds. The molecule has 82 valence electrons. The first-order valence-electron chi connectivity index (χ1n) is 5.24. The van der Waals surface area contributed by atoms with Crippen molar-refractivity contribution < 1.29 is 56.2 Å². The average molecular weight is 252 g/mol. The van der Waals surface area contributed by atoms with Crippen molar-refractivity contribution in [3.05, 3.63) is 36.5 Å². The largest absolute Gasteiger partial charge is 1.00 e. The number of aromatic nitrogens is 1. The zero-order valence-electron chi connectivity index (χ0n) is 10.3. The summed E-state index contributed by atoms with van der Waals surface area (Å²) in [5.74, 6) is 0.00716. The summed E-state index contributed by atoms with van der Waals surface area (Å²) >= 11 is 0. The molecule has 3 nitrogen and oxygen atoms in total. The molecule has 0 unspecified atom stereocenters. The van der Waals surface area contributed by atoms with Gasteiger partial charge in [-0.25, -0.2) is 0 Å². The SMILES string of the molecule is CC(C)C(=O)Nc1ccc2n[c-]ccc2c1.[K+]. The van der Waals surface area contributed by atoms with Crippen LogP contribution in [0.15, 0.2) is 30.3 Å². The van der Waals surface area contributed by atoms with Gasteiger partial charge in [-0.1, -0.05) is 32.2 Å². The van der Waals surface area contributed by atoms with E-state index in [1.165, 1.54) is 0 Å². The smallest absolute Gasteiger partial charge is 0.386 e. The molecular weight excluding hydrogens is 239 g/mol. The van der Waals surface area contributed by atoms with E-state index in [0.29, 0.717) is 0 Å². The molecule has 0 aliphatic carbocycles. The molecule has 0 atom stereocenters. The summed E-state index contributed by atoms with van der Waals surface area (Å²) in [4.78, 5) is 15.6. The second-order valence-corrected chi connectivity index (χ2v) is 3.99. The Hall–Kier alpha value is -0.264. The van der Waals surface area contributed by atoms with Crippen LogP contribution in [0.2, 0.25) is 0 Å². The van der Waals surface area contributed by atoms with Crippen LogP contribution in [0.3, 0.4) is 0 Å². The fourth-order valence-corrected chi connectivity index (χ4v) is 1.39. The summed E-state index contributed by atoms with van der Waals surface area (Å²) in [5, 5.41) is 3.86. The van der Waals surface area contributed by atoms with Gasteiger partial charge in [0, 0.05) is 11.6 Å². The Bertz CT molecular complexity index is 526. The zero-order chi connectivity index (χ0) is 11.5. The minimum atomic E-state index is -0.0158. The van der Waals surface area contributed by atoms with Crippen LogP contribution in [-0.2, 0) is 4.79 Å². The zero-order valence-corrected chi connectivity index (χ0v) is 13.4. The Balaban J connectivity index is 0.00000144. The van der Waals surface area contributed by atoms with Gasteiger partial charge in [0.1, 0.15) is 0 Å². The van der Waals surface area contributed by atoms with Gasteiger partial charge in [0.05, 0.1) is 0 Å². The van der Waals surface area contributed by atoms with E-state index in [0.717, 1.165) is 16.6 Å². The maximum absolute atomic E-state index is 11.5. The predicted octanol–water partition coefficient (Wildman–Crippen LogP) is -0.367. The van der Waals surface area contributed by atoms with Crippen LogP contribution in [0.25, 0.3) is 10.9 Å². The summed E-state index contributed by atoms with van der Waals surface area (Å²) in [5.41, 5.74) is 1.68. The second-order valence-electron chi connectivity index (χ2n) is 3.99. The van der Waals surface area contributed by atoms with Crippen LogP contribution >= 0.6 is 0 Å². The van der Waals surface area contributed by atoms with E-state index >= 15 is 0 Å². The molecule has 1 heterocycles. The number of nitrogens with zero attached hydrogens (tertiary/aromatic N) is 1. The molecule has 0 aliphatic heterocycles. The third-order valence-electron chi connectivity index (χ3n) is 2.34. The van der Waals surface area contributed by atoms with Gasteiger partial charge in [0.25, 0.3) is 0 Å². The number of nitrogens with one attached hydrogen (secondary N) is 1. The molecule has 0 fully saturated rings. The van der Waals surface area contributed by atoms with E-state index in [4.69, 9.17) is 0 Å². The Morgan fingerprint density at radius 1 is 1.35 bits per heavy atom. The monoisotopic (exact) mass is 252 g/mol. The van der Waals surface area contributed by atoms with E-state index in [9.17, 15) is 4.79 Å². The summed E-state index contributed by atoms with van der Waals surface area (Å²) in [6.07, 6.45) is 2.78. The number of rotatable bonds is 2. The average Bonchev–Trinajstić information content (AvgIpc) is 2.28. The Morgan fingerprint density at radius 3 is 2.82 bits per heavy atom. The number of anilines is 1. The van der Waals surface area contributed by atoms with E-state index in [1.54, 1.807) is 6.07 Å². The third-order valence-corrected chi connectivity index (χ3v) is 2.34. The normalized spacial score (nSPS) is 10.1. The molecule has 1 N–H and O–H groups in total. The maximum Gasteiger partial charge on any atom is 1.00 e. The van der Waals surface area contributed by atoms with E-state index < -0.39 is 0 Å². The summed E-state index contributed by atoms with van der Waals surface area (Å²) < 4.78 is 0. The summed E-state index contributed by atoms with van der Waals surface area (Å²) in [7, 11) is 0. The molecule has 0 saturated carbocycles. The standard InChI is InChI=1S/C13H13N2O.K/c1-9(2)13(16)15-11-5-6-12-10(8-11)4-3-7-14-12;/h3-6,8-9H,1-2H3,(H,15,16);/q-1;+1. The topological polar surface area (TPSA) is 42.0 Å². The van der Waals surface area contributed by atoms with Gasteiger partial charge < -0.3 is 10.3 Å². The van der Waals surface area contributed by atoms with E-state index in [-0.39, 0.29) is 63.2 Å². The molecule has 0 bridgehead atoms. The van der Waals surface area contributed by atoms with Crippen molar-refractivity contribution in [3.8, 4) is 0 Å².